The Morgan fingerprint density at radius 3 is 2.96 bits per heavy atom. The number of pyridine rings is 1. The molecule has 1 N–H and O–H groups in total. The Morgan fingerprint density at radius 1 is 1.28 bits per heavy atom. The van der Waals surface area contributed by atoms with Crippen LogP contribution in [0.5, 0.6) is 11.5 Å². The minimum atomic E-state index is 0.338. The summed E-state index contributed by atoms with van der Waals surface area (Å²) in [5.41, 5.74) is 2.49. The van der Waals surface area contributed by atoms with Gasteiger partial charge in [-0.3, -0.25) is 9.88 Å². The average Bonchev–Trinajstić information content (AvgIpc) is 2.67. The van der Waals surface area contributed by atoms with E-state index in [0.717, 1.165) is 44.1 Å². The Labute approximate surface area is 150 Å². The maximum absolute atomic E-state index is 5.85. The Hall–Kier alpha value is -2.11. The number of benzene rings is 1. The molecule has 1 aromatic carbocycles. The first-order valence-electron chi connectivity index (χ1n) is 8.96. The standard InChI is InChI=1S/C20H27N3O2/c1-3-11-25-20-12-16(6-7-19(20)24-2)15-23-10-9-22-14-18(23)17-5-4-8-21-13-17/h4-8,12-13,18,22H,3,9-11,14-15H2,1-2H3. The van der Waals surface area contributed by atoms with Gasteiger partial charge in [-0.2, -0.15) is 0 Å². The van der Waals surface area contributed by atoms with Crippen LogP contribution in [0.1, 0.15) is 30.5 Å². The highest BCUT2D eigenvalue weighted by Gasteiger charge is 2.24. The van der Waals surface area contributed by atoms with Crippen molar-refractivity contribution in [1.29, 1.82) is 0 Å². The van der Waals surface area contributed by atoms with Crippen LogP contribution < -0.4 is 14.8 Å². The minimum absolute atomic E-state index is 0.338. The van der Waals surface area contributed by atoms with Crippen molar-refractivity contribution in [2.75, 3.05) is 33.4 Å². The van der Waals surface area contributed by atoms with E-state index in [0.29, 0.717) is 12.6 Å². The van der Waals surface area contributed by atoms with Gasteiger partial charge in [-0.15, -0.1) is 0 Å². The summed E-state index contributed by atoms with van der Waals surface area (Å²) in [5.74, 6) is 1.62. The van der Waals surface area contributed by atoms with E-state index in [1.54, 1.807) is 7.11 Å². The molecule has 1 saturated heterocycles. The second kappa shape index (κ2) is 8.83. The average molecular weight is 341 g/mol. The van der Waals surface area contributed by atoms with Crippen molar-refractivity contribution < 1.29 is 9.47 Å². The zero-order chi connectivity index (χ0) is 17.5. The van der Waals surface area contributed by atoms with Crippen LogP contribution in [0.15, 0.2) is 42.7 Å². The van der Waals surface area contributed by atoms with Crippen LogP contribution in [0.2, 0.25) is 0 Å². The number of ether oxygens (including phenoxy) is 2. The van der Waals surface area contributed by atoms with Crippen molar-refractivity contribution in [1.82, 2.24) is 15.2 Å². The Kier molecular flexibility index (Phi) is 6.25. The molecule has 0 saturated carbocycles. The van der Waals surface area contributed by atoms with Crippen molar-refractivity contribution in [2.24, 2.45) is 0 Å². The quantitative estimate of drug-likeness (QED) is 0.839. The minimum Gasteiger partial charge on any atom is -0.493 e. The normalized spacial score (nSPS) is 18.1. The van der Waals surface area contributed by atoms with Crippen LogP contribution in [-0.2, 0) is 6.54 Å². The highest BCUT2D eigenvalue weighted by atomic mass is 16.5. The molecular formula is C20H27N3O2. The third-order valence-corrected chi connectivity index (χ3v) is 4.50. The second-order valence-electron chi connectivity index (χ2n) is 6.31. The van der Waals surface area contributed by atoms with E-state index < -0.39 is 0 Å². The summed E-state index contributed by atoms with van der Waals surface area (Å²) in [5, 5.41) is 3.49. The highest BCUT2D eigenvalue weighted by molar-refractivity contribution is 5.43. The van der Waals surface area contributed by atoms with Gasteiger partial charge in [-0.25, -0.2) is 0 Å². The van der Waals surface area contributed by atoms with E-state index in [9.17, 15) is 0 Å². The van der Waals surface area contributed by atoms with Gasteiger partial charge in [0.15, 0.2) is 11.5 Å². The predicted molar refractivity (Wildman–Crippen MR) is 99.0 cm³/mol. The molecule has 1 atom stereocenters. The van der Waals surface area contributed by atoms with Crippen LogP contribution in [0.3, 0.4) is 0 Å². The number of hydrogen-bond acceptors (Lipinski definition) is 5. The fourth-order valence-electron chi connectivity index (χ4n) is 3.22. The summed E-state index contributed by atoms with van der Waals surface area (Å²) >= 11 is 0. The van der Waals surface area contributed by atoms with Crippen molar-refractivity contribution in [2.45, 2.75) is 25.9 Å². The van der Waals surface area contributed by atoms with Gasteiger partial charge >= 0.3 is 0 Å². The van der Waals surface area contributed by atoms with Gasteiger partial charge in [-0.05, 0) is 35.7 Å². The Bertz CT molecular complexity index is 663. The van der Waals surface area contributed by atoms with E-state index >= 15 is 0 Å². The zero-order valence-corrected chi connectivity index (χ0v) is 15.1. The molecule has 0 amide bonds. The van der Waals surface area contributed by atoms with Crippen LogP contribution in [-0.4, -0.2) is 43.2 Å². The Morgan fingerprint density at radius 2 is 2.20 bits per heavy atom. The summed E-state index contributed by atoms with van der Waals surface area (Å²) in [4.78, 5) is 6.78. The second-order valence-corrected chi connectivity index (χ2v) is 6.31. The van der Waals surface area contributed by atoms with Gasteiger partial charge in [0.2, 0.25) is 0 Å². The molecule has 0 bridgehead atoms. The molecule has 0 spiro atoms. The molecule has 0 aliphatic carbocycles. The third-order valence-electron chi connectivity index (χ3n) is 4.50. The third kappa shape index (κ3) is 4.50. The predicted octanol–water partition coefficient (Wildman–Crippen LogP) is 3.03. The van der Waals surface area contributed by atoms with Crippen LogP contribution in [0, 0.1) is 0 Å². The molecule has 2 aromatic rings. The number of nitrogens with one attached hydrogen (secondary N) is 1. The van der Waals surface area contributed by atoms with E-state index in [4.69, 9.17) is 9.47 Å². The molecule has 0 radical (unpaired) electrons. The summed E-state index contributed by atoms with van der Waals surface area (Å²) in [6.45, 7) is 6.65. The Balaban J connectivity index is 1.77. The van der Waals surface area contributed by atoms with E-state index in [1.165, 1.54) is 11.1 Å². The first kappa shape index (κ1) is 17.7. The first-order valence-corrected chi connectivity index (χ1v) is 8.96. The van der Waals surface area contributed by atoms with Crippen molar-refractivity contribution in [3.63, 3.8) is 0 Å². The van der Waals surface area contributed by atoms with E-state index in [-0.39, 0.29) is 0 Å². The highest BCUT2D eigenvalue weighted by Crippen LogP contribution is 2.30. The smallest absolute Gasteiger partial charge is 0.161 e. The lowest BCUT2D eigenvalue weighted by Gasteiger charge is -2.36. The fourth-order valence-corrected chi connectivity index (χ4v) is 3.22. The molecule has 1 aliphatic heterocycles. The molecule has 1 fully saturated rings. The van der Waals surface area contributed by atoms with Gasteiger partial charge in [0.05, 0.1) is 13.7 Å². The lowest BCUT2D eigenvalue weighted by molar-refractivity contribution is 0.153. The van der Waals surface area contributed by atoms with E-state index in [2.05, 4.69) is 40.3 Å². The number of nitrogens with zero attached hydrogens (tertiary/aromatic N) is 2. The zero-order valence-electron chi connectivity index (χ0n) is 15.1. The van der Waals surface area contributed by atoms with Crippen molar-refractivity contribution in [3.05, 3.63) is 53.9 Å². The molecule has 1 aliphatic rings. The van der Waals surface area contributed by atoms with Gasteiger partial charge in [0.1, 0.15) is 0 Å². The monoisotopic (exact) mass is 341 g/mol. The number of piperazine rings is 1. The number of hydrogen-bond donors (Lipinski definition) is 1. The molecule has 3 rings (SSSR count). The number of methoxy groups -OCH3 is 1. The van der Waals surface area contributed by atoms with E-state index in [1.807, 2.05) is 24.5 Å². The van der Waals surface area contributed by atoms with Gasteiger partial charge in [-0.1, -0.05) is 19.1 Å². The molecule has 134 valence electrons. The fraction of sp³-hybridized carbons (Fsp3) is 0.450. The molecule has 2 heterocycles. The lowest BCUT2D eigenvalue weighted by Crippen LogP contribution is -2.45. The molecule has 5 nitrogen and oxygen atoms in total. The number of rotatable bonds is 7. The number of aromatic nitrogens is 1. The topological polar surface area (TPSA) is 46.6 Å². The summed E-state index contributed by atoms with van der Waals surface area (Å²) < 4.78 is 11.3. The summed E-state index contributed by atoms with van der Waals surface area (Å²) in [7, 11) is 1.68. The van der Waals surface area contributed by atoms with Crippen molar-refractivity contribution >= 4 is 0 Å². The van der Waals surface area contributed by atoms with Crippen LogP contribution in [0.25, 0.3) is 0 Å². The van der Waals surface area contributed by atoms with Crippen LogP contribution in [0.4, 0.5) is 0 Å². The molecule has 5 heteroatoms. The van der Waals surface area contributed by atoms with Crippen molar-refractivity contribution in [3.8, 4) is 11.5 Å². The molecule has 1 unspecified atom stereocenters. The van der Waals surface area contributed by atoms with Crippen LogP contribution >= 0.6 is 0 Å². The summed E-state index contributed by atoms with van der Waals surface area (Å²) in [6.07, 6.45) is 4.77. The molecule has 1 aromatic heterocycles. The van der Waals surface area contributed by atoms with Gasteiger partial charge in [0, 0.05) is 44.6 Å². The SMILES string of the molecule is CCCOc1cc(CN2CCNCC2c2cccnc2)ccc1OC. The van der Waals surface area contributed by atoms with Gasteiger partial charge < -0.3 is 14.8 Å². The lowest BCUT2D eigenvalue weighted by atomic mass is 10.0. The first-order chi connectivity index (χ1) is 12.3. The largest absolute Gasteiger partial charge is 0.493 e. The molecule has 25 heavy (non-hydrogen) atoms. The molecular weight excluding hydrogens is 314 g/mol. The summed E-state index contributed by atoms with van der Waals surface area (Å²) in [6, 6.07) is 10.7. The maximum Gasteiger partial charge on any atom is 0.161 e. The maximum atomic E-state index is 5.85. The van der Waals surface area contributed by atoms with Gasteiger partial charge in [0.25, 0.3) is 0 Å².